The van der Waals surface area contributed by atoms with Gasteiger partial charge in [0.1, 0.15) is 22.9 Å². The molecule has 0 atom stereocenters. The van der Waals surface area contributed by atoms with E-state index in [0.717, 1.165) is 46.8 Å². The lowest BCUT2D eigenvalue weighted by Crippen LogP contribution is -2.27. The molecule has 2 heterocycles. The number of methoxy groups -OCH3 is 2. The van der Waals surface area contributed by atoms with Crippen molar-refractivity contribution in [2.75, 3.05) is 24.9 Å². The lowest BCUT2D eigenvalue weighted by atomic mass is 10.0. The van der Waals surface area contributed by atoms with E-state index in [1.165, 1.54) is 22.9 Å². The molecule has 0 aliphatic carbocycles. The van der Waals surface area contributed by atoms with Crippen molar-refractivity contribution in [3.8, 4) is 34.0 Å². The fourth-order valence-corrected chi connectivity index (χ4v) is 5.87. The Morgan fingerprint density at radius 2 is 1.24 bits per heavy atom. The van der Waals surface area contributed by atoms with Crippen LogP contribution in [-0.4, -0.2) is 41.1 Å². The molecule has 1 aromatic heterocycles. The highest BCUT2D eigenvalue weighted by Gasteiger charge is 2.25. The summed E-state index contributed by atoms with van der Waals surface area (Å²) in [6, 6.07) is 31.7. The van der Waals surface area contributed by atoms with E-state index in [2.05, 4.69) is 22.3 Å². The number of amides is 1. The van der Waals surface area contributed by atoms with Gasteiger partial charge in [-0.05, 0) is 84.6 Å². The van der Waals surface area contributed by atoms with Crippen LogP contribution in [0.4, 0.5) is 11.4 Å². The molecule has 210 valence electrons. The molecular formula is C34H30N4O3S. The van der Waals surface area contributed by atoms with Crippen molar-refractivity contribution in [3.63, 3.8) is 0 Å². The molecule has 0 saturated carbocycles. The maximum Gasteiger partial charge on any atom is 0.232 e. The number of para-hydroxylation sites is 2. The number of hydrogen-bond donors (Lipinski definition) is 0. The van der Waals surface area contributed by atoms with Crippen LogP contribution in [0.3, 0.4) is 0 Å². The standard InChI is InChI=1S/C34H30N4O3S/c1-40-27-17-13-25(14-18-27)32-33(26-15-19-28(41-2)20-16-26)36-37-34(35-32)42-22-21-31(39)38-29-9-5-3-7-23(29)11-12-24-8-4-6-10-30(24)38/h3-10,13-20H,11-12,21-22H2,1-2H3. The van der Waals surface area contributed by atoms with Crippen molar-refractivity contribution in [2.45, 2.75) is 24.4 Å². The number of carbonyl (C=O) groups excluding carboxylic acids is 1. The molecule has 8 heteroatoms. The molecule has 0 spiro atoms. The molecule has 1 aliphatic rings. The van der Waals surface area contributed by atoms with Gasteiger partial charge < -0.3 is 9.47 Å². The molecule has 0 fully saturated rings. The molecule has 0 unspecified atom stereocenters. The van der Waals surface area contributed by atoms with Crippen LogP contribution in [0.2, 0.25) is 0 Å². The first-order valence-electron chi connectivity index (χ1n) is 13.8. The first-order valence-corrected chi connectivity index (χ1v) is 14.8. The minimum Gasteiger partial charge on any atom is -0.497 e. The molecule has 7 nitrogen and oxygen atoms in total. The van der Waals surface area contributed by atoms with Gasteiger partial charge in [-0.2, -0.15) is 0 Å². The van der Waals surface area contributed by atoms with Crippen molar-refractivity contribution in [1.82, 2.24) is 15.2 Å². The molecule has 5 aromatic rings. The highest BCUT2D eigenvalue weighted by Crippen LogP contribution is 2.37. The summed E-state index contributed by atoms with van der Waals surface area (Å²) in [5.41, 5.74) is 7.44. The van der Waals surface area contributed by atoms with E-state index in [1.807, 2.05) is 89.8 Å². The maximum atomic E-state index is 13.7. The zero-order valence-corrected chi connectivity index (χ0v) is 24.3. The van der Waals surface area contributed by atoms with Gasteiger partial charge in [0.05, 0.1) is 25.6 Å². The van der Waals surface area contributed by atoms with E-state index < -0.39 is 0 Å². The molecular weight excluding hydrogens is 544 g/mol. The summed E-state index contributed by atoms with van der Waals surface area (Å²) in [4.78, 5) is 20.5. The van der Waals surface area contributed by atoms with Crippen molar-refractivity contribution >= 4 is 29.0 Å². The Morgan fingerprint density at radius 1 is 0.714 bits per heavy atom. The van der Waals surface area contributed by atoms with Gasteiger partial charge in [-0.15, -0.1) is 10.2 Å². The highest BCUT2D eigenvalue weighted by atomic mass is 32.2. The molecule has 0 saturated heterocycles. The number of fused-ring (bicyclic) bond motifs is 2. The van der Waals surface area contributed by atoms with Gasteiger partial charge in [-0.1, -0.05) is 48.2 Å². The van der Waals surface area contributed by atoms with Crippen molar-refractivity contribution < 1.29 is 14.3 Å². The lowest BCUT2D eigenvalue weighted by Gasteiger charge is -2.25. The topological polar surface area (TPSA) is 77.4 Å². The summed E-state index contributed by atoms with van der Waals surface area (Å²) < 4.78 is 10.7. The molecule has 4 aromatic carbocycles. The number of anilines is 2. The van der Waals surface area contributed by atoms with Gasteiger partial charge >= 0.3 is 0 Å². The van der Waals surface area contributed by atoms with Crippen molar-refractivity contribution in [2.24, 2.45) is 0 Å². The van der Waals surface area contributed by atoms with Gasteiger partial charge in [0.25, 0.3) is 0 Å². The smallest absolute Gasteiger partial charge is 0.232 e. The second kappa shape index (κ2) is 12.4. The second-order valence-electron chi connectivity index (χ2n) is 9.83. The number of aryl methyl sites for hydroxylation is 2. The Labute approximate surface area is 249 Å². The molecule has 1 aliphatic heterocycles. The monoisotopic (exact) mass is 574 g/mol. The highest BCUT2D eigenvalue weighted by molar-refractivity contribution is 7.99. The summed E-state index contributed by atoms with van der Waals surface area (Å²) in [6.45, 7) is 0. The molecule has 0 radical (unpaired) electrons. The van der Waals surface area contributed by atoms with E-state index in [1.54, 1.807) is 14.2 Å². The average molecular weight is 575 g/mol. The molecule has 0 bridgehead atoms. The summed E-state index contributed by atoms with van der Waals surface area (Å²) in [6.07, 6.45) is 2.13. The van der Waals surface area contributed by atoms with Crippen LogP contribution in [-0.2, 0) is 17.6 Å². The molecule has 6 rings (SSSR count). The maximum absolute atomic E-state index is 13.7. The fraction of sp³-hybridized carbons (Fsp3) is 0.176. The van der Waals surface area contributed by atoms with E-state index in [4.69, 9.17) is 14.5 Å². The third-order valence-corrected chi connectivity index (χ3v) is 8.16. The van der Waals surface area contributed by atoms with Crippen LogP contribution in [0.1, 0.15) is 17.5 Å². The Kier molecular flexibility index (Phi) is 8.14. The van der Waals surface area contributed by atoms with Crippen molar-refractivity contribution in [1.29, 1.82) is 0 Å². The number of hydrogen-bond acceptors (Lipinski definition) is 7. The van der Waals surface area contributed by atoms with Gasteiger partial charge in [-0.3, -0.25) is 9.69 Å². The largest absolute Gasteiger partial charge is 0.497 e. The van der Waals surface area contributed by atoms with Crippen LogP contribution >= 0.6 is 11.8 Å². The Bertz CT molecular complexity index is 1660. The van der Waals surface area contributed by atoms with Crippen LogP contribution in [0.25, 0.3) is 22.5 Å². The summed E-state index contributed by atoms with van der Waals surface area (Å²) in [5.74, 6) is 2.09. The first-order chi connectivity index (χ1) is 20.6. The first kappa shape index (κ1) is 27.5. The van der Waals surface area contributed by atoms with E-state index in [0.29, 0.717) is 28.7 Å². The summed E-state index contributed by atoms with van der Waals surface area (Å²) in [5, 5.41) is 9.53. The van der Waals surface area contributed by atoms with Crippen LogP contribution in [0.5, 0.6) is 11.5 Å². The normalized spacial score (nSPS) is 12.2. The number of nitrogens with zero attached hydrogens (tertiary/aromatic N) is 4. The third-order valence-electron chi connectivity index (χ3n) is 7.32. The quantitative estimate of drug-likeness (QED) is 0.182. The second-order valence-corrected chi connectivity index (χ2v) is 10.9. The number of carbonyl (C=O) groups is 1. The average Bonchev–Trinajstić information content (AvgIpc) is 3.22. The van der Waals surface area contributed by atoms with Gasteiger partial charge in [0, 0.05) is 23.3 Å². The minimum atomic E-state index is 0.0440. The van der Waals surface area contributed by atoms with Crippen LogP contribution < -0.4 is 14.4 Å². The van der Waals surface area contributed by atoms with Crippen LogP contribution in [0.15, 0.2) is 102 Å². The SMILES string of the molecule is COc1ccc(-c2nnc(SCCC(=O)N3c4ccccc4CCc4ccccc43)nc2-c2ccc(OC)cc2)cc1. The Hall–Kier alpha value is -4.69. The number of thioether (sulfide) groups is 1. The molecule has 0 N–H and O–H groups in total. The molecule has 1 amide bonds. The van der Waals surface area contributed by atoms with Gasteiger partial charge in [0.15, 0.2) is 0 Å². The Morgan fingerprint density at radius 3 is 1.79 bits per heavy atom. The van der Waals surface area contributed by atoms with Gasteiger partial charge in [-0.25, -0.2) is 4.98 Å². The predicted molar refractivity (Wildman–Crippen MR) is 167 cm³/mol. The summed E-state index contributed by atoms with van der Waals surface area (Å²) in [7, 11) is 3.28. The third kappa shape index (κ3) is 5.71. The Balaban J connectivity index is 1.25. The number of aromatic nitrogens is 3. The number of benzene rings is 4. The zero-order chi connectivity index (χ0) is 28.9. The fourth-order valence-electron chi connectivity index (χ4n) is 5.16. The van der Waals surface area contributed by atoms with Crippen molar-refractivity contribution in [3.05, 3.63) is 108 Å². The zero-order valence-electron chi connectivity index (χ0n) is 23.5. The van der Waals surface area contributed by atoms with Gasteiger partial charge in [0.2, 0.25) is 11.1 Å². The number of rotatable bonds is 8. The van der Waals surface area contributed by atoms with E-state index >= 15 is 0 Å². The van der Waals surface area contributed by atoms with Crippen LogP contribution in [0, 0.1) is 0 Å². The number of ether oxygens (including phenoxy) is 2. The van der Waals surface area contributed by atoms with E-state index in [-0.39, 0.29) is 5.91 Å². The molecule has 42 heavy (non-hydrogen) atoms. The minimum absolute atomic E-state index is 0.0440. The summed E-state index contributed by atoms with van der Waals surface area (Å²) >= 11 is 1.43. The van der Waals surface area contributed by atoms with E-state index in [9.17, 15) is 4.79 Å². The lowest BCUT2D eigenvalue weighted by molar-refractivity contribution is -0.117. The predicted octanol–water partition coefficient (Wildman–Crippen LogP) is 7.17.